The lowest BCUT2D eigenvalue weighted by molar-refractivity contribution is 0.0949. The zero-order valence-electron chi connectivity index (χ0n) is 14.8. The maximum absolute atomic E-state index is 12.1. The molecule has 1 amide bonds. The van der Waals surface area contributed by atoms with E-state index in [-0.39, 0.29) is 31.5 Å². The lowest BCUT2D eigenvalue weighted by atomic mass is 10.1. The molecular formula is C21H16N2O5. The van der Waals surface area contributed by atoms with Crippen LogP contribution in [0.4, 0.5) is 0 Å². The molecule has 2 heterocycles. The first-order chi connectivity index (χ1) is 13.8. The van der Waals surface area contributed by atoms with E-state index in [1.807, 2.05) is 30.3 Å². The van der Waals surface area contributed by atoms with Crippen LogP contribution in [0.3, 0.4) is 0 Å². The number of amides is 1. The molecule has 0 aliphatic carbocycles. The summed E-state index contributed by atoms with van der Waals surface area (Å²) in [7, 11) is 0. The Balaban J connectivity index is 1.23. The Labute approximate surface area is 161 Å². The number of carbonyl (C=O) groups excluding carboxylic acids is 1. The second-order valence-electron chi connectivity index (χ2n) is 5.78. The number of carbonyl (C=O) groups is 1. The maximum Gasteiger partial charge on any atom is 0.274 e. The lowest BCUT2D eigenvalue weighted by Crippen LogP contribution is -2.23. The SMILES string of the molecule is O=C(NCC#CCOc1ccc2c(c1)OCO2)c1cc(-c2ccccc2)on1. The van der Waals surface area contributed by atoms with Crippen LogP contribution in [0.2, 0.25) is 0 Å². The topological polar surface area (TPSA) is 82.8 Å². The number of nitrogens with one attached hydrogen (secondary N) is 1. The summed E-state index contributed by atoms with van der Waals surface area (Å²) in [5.41, 5.74) is 1.06. The van der Waals surface area contributed by atoms with Crippen LogP contribution in [0, 0.1) is 11.8 Å². The van der Waals surface area contributed by atoms with E-state index in [9.17, 15) is 4.79 Å². The molecule has 0 atom stereocenters. The van der Waals surface area contributed by atoms with E-state index in [2.05, 4.69) is 22.3 Å². The van der Waals surface area contributed by atoms with Crippen molar-refractivity contribution in [2.24, 2.45) is 0 Å². The highest BCUT2D eigenvalue weighted by Crippen LogP contribution is 2.34. The highest BCUT2D eigenvalue weighted by atomic mass is 16.7. The zero-order chi connectivity index (χ0) is 19.2. The number of rotatable bonds is 5. The molecule has 1 aromatic heterocycles. The molecular weight excluding hydrogens is 360 g/mol. The molecule has 1 aliphatic rings. The van der Waals surface area contributed by atoms with Crippen molar-refractivity contribution in [2.45, 2.75) is 0 Å². The second-order valence-corrected chi connectivity index (χ2v) is 5.78. The molecule has 7 nitrogen and oxygen atoms in total. The van der Waals surface area contributed by atoms with Crippen molar-refractivity contribution >= 4 is 5.91 Å². The van der Waals surface area contributed by atoms with Crippen LogP contribution >= 0.6 is 0 Å². The van der Waals surface area contributed by atoms with Crippen molar-refractivity contribution in [3.8, 4) is 40.4 Å². The number of aromatic nitrogens is 1. The molecule has 4 rings (SSSR count). The molecule has 3 aromatic rings. The van der Waals surface area contributed by atoms with E-state index in [1.54, 1.807) is 24.3 Å². The molecule has 0 saturated carbocycles. The minimum absolute atomic E-state index is 0.177. The number of fused-ring (bicyclic) bond motifs is 1. The van der Waals surface area contributed by atoms with Crippen molar-refractivity contribution in [3.63, 3.8) is 0 Å². The normalized spacial score (nSPS) is 11.4. The van der Waals surface area contributed by atoms with E-state index in [0.717, 1.165) is 5.56 Å². The van der Waals surface area contributed by atoms with Gasteiger partial charge >= 0.3 is 0 Å². The smallest absolute Gasteiger partial charge is 0.274 e. The summed E-state index contributed by atoms with van der Waals surface area (Å²) in [4.78, 5) is 12.1. The Hall–Kier alpha value is -3.92. The minimum atomic E-state index is -0.350. The third-order valence-electron chi connectivity index (χ3n) is 3.92. The van der Waals surface area contributed by atoms with E-state index >= 15 is 0 Å². The molecule has 140 valence electrons. The van der Waals surface area contributed by atoms with Gasteiger partial charge in [0, 0.05) is 17.7 Å². The van der Waals surface area contributed by atoms with Gasteiger partial charge in [0.1, 0.15) is 12.4 Å². The maximum atomic E-state index is 12.1. The summed E-state index contributed by atoms with van der Waals surface area (Å²) in [5, 5.41) is 6.46. The van der Waals surface area contributed by atoms with Crippen LogP contribution in [-0.4, -0.2) is 31.0 Å². The zero-order valence-corrected chi connectivity index (χ0v) is 14.8. The van der Waals surface area contributed by atoms with Crippen LogP contribution < -0.4 is 19.5 Å². The fraction of sp³-hybridized carbons (Fsp3) is 0.143. The highest BCUT2D eigenvalue weighted by Gasteiger charge is 2.14. The summed E-state index contributed by atoms with van der Waals surface area (Å²) in [6.45, 7) is 0.588. The predicted molar refractivity (Wildman–Crippen MR) is 100 cm³/mol. The highest BCUT2D eigenvalue weighted by molar-refractivity contribution is 5.93. The van der Waals surface area contributed by atoms with Crippen LogP contribution in [-0.2, 0) is 0 Å². The van der Waals surface area contributed by atoms with Crippen LogP contribution in [0.1, 0.15) is 10.5 Å². The number of hydrogen-bond donors (Lipinski definition) is 1. The average molecular weight is 376 g/mol. The fourth-order valence-corrected chi connectivity index (χ4v) is 2.54. The monoisotopic (exact) mass is 376 g/mol. The third kappa shape index (κ3) is 4.07. The van der Waals surface area contributed by atoms with Gasteiger partial charge in [-0.15, -0.1) is 0 Å². The predicted octanol–water partition coefficient (Wildman–Crippen LogP) is 2.88. The molecule has 1 aliphatic heterocycles. The first-order valence-corrected chi connectivity index (χ1v) is 8.58. The van der Waals surface area contributed by atoms with E-state index in [1.165, 1.54) is 0 Å². The first kappa shape index (κ1) is 17.5. The largest absolute Gasteiger partial charge is 0.481 e. The standard InChI is InChI=1S/C21H16N2O5/c24-21(17-13-19(28-23-17)15-6-2-1-3-7-15)22-10-4-5-11-25-16-8-9-18-20(12-16)27-14-26-18/h1-3,6-9,12-13H,10-11,14H2,(H,22,24). The van der Waals surface area contributed by atoms with Crippen molar-refractivity contribution < 1.29 is 23.5 Å². The Kier molecular flexibility index (Phi) is 5.11. The van der Waals surface area contributed by atoms with Gasteiger partial charge in [-0.2, -0.15) is 0 Å². The molecule has 2 aromatic carbocycles. The van der Waals surface area contributed by atoms with Gasteiger partial charge in [-0.1, -0.05) is 47.3 Å². The molecule has 0 bridgehead atoms. The molecule has 0 saturated heterocycles. The lowest BCUT2D eigenvalue weighted by Gasteiger charge is -2.02. The van der Waals surface area contributed by atoms with Crippen LogP contribution in [0.25, 0.3) is 11.3 Å². The molecule has 28 heavy (non-hydrogen) atoms. The Morgan fingerprint density at radius 2 is 1.93 bits per heavy atom. The van der Waals surface area contributed by atoms with Crippen LogP contribution in [0.15, 0.2) is 59.1 Å². The third-order valence-corrected chi connectivity index (χ3v) is 3.92. The van der Waals surface area contributed by atoms with Gasteiger partial charge in [-0.05, 0) is 12.1 Å². The average Bonchev–Trinajstić information content (AvgIpc) is 3.40. The van der Waals surface area contributed by atoms with Crippen molar-refractivity contribution in [1.29, 1.82) is 0 Å². The molecule has 1 N–H and O–H groups in total. The van der Waals surface area contributed by atoms with Crippen molar-refractivity contribution in [1.82, 2.24) is 10.5 Å². The van der Waals surface area contributed by atoms with E-state index in [0.29, 0.717) is 23.0 Å². The molecule has 0 spiro atoms. The number of benzene rings is 2. The summed E-state index contributed by atoms with van der Waals surface area (Å²) >= 11 is 0. The van der Waals surface area contributed by atoms with Gasteiger partial charge in [-0.3, -0.25) is 4.79 Å². The Morgan fingerprint density at radius 1 is 1.07 bits per heavy atom. The minimum Gasteiger partial charge on any atom is -0.481 e. The summed E-state index contributed by atoms with van der Waals surface area (Å²) in [6, 6.07) is 16.4. The van der Waals surface area contributed by atoms with E-state index < -0.39 is 0 Å². The van der Waals surface area contributed by atoms with Gasteiger partial charge in [0.05, 0.1) is 6.54 Å². The van der Waals surface area contributed by atoms with Crippen molar-refractivity contribution in [3.05, 3.63) is 60.3 Å². The fourth-order valence-electron chi connectivity index (χ4n) is 2.54. The molecule has 0 unspecified atom stereocenters. The number of ether oxygens (including phenoxy) is 3. The van der Waals surface area contributed by atoms with Crippen molar-refractivity contribution in [2.75, 3.05) is 19.9 Å². The first-order valence-electron chi connectivity index (χ1n) is 8.58. The van der Waals surface area contributed by atoms with Gasteiger partial charge < -0.3 is 24.1 Å². The van der Waals surface area contributed by atoms with Gasteiger partial charge in [0.15, 0.2) is 23.0 Å². The Bertz CT molecular complexity index is 1030. The van der Waals surface area contributed by atoms with Crippen LogP contribution in [0.5, 0.6) is 17.2 Å². The summed E-state index contributed by atoms with van der Waals surface area (Å²) in [5.74, 6) is 7.84. The van der Waals surface area contributed by atoms with E-state index in [4.69, 9.17) is 18.7 Å². The second kappa shape index (κ2) is 8.18. The van der Waals surface area contributed by atoms with Gasteiger partial charge in [-0.25, -0.2) is 0 Å². The van der Waals surface area contributed by atoms with Gasteiger partial charge in [0.25, 0.3) is 5.91 Å². The quantitative estimate of drug-likeness (QED) is 0.690. The molecule has 7 heteroatoms. The summed E-state index contributed by atoms with van der Waals surface area (Å²) in [6.07, 6.45) is 0. The summed E-state index contributed by atoms with van der Waals surface area (Å²) < 4.78 is 21.3. The number of hydrogen-bond acceptors (Lipinski definition) is 6. The van der Waals surface area contributed by atoms with Gasteiger partial charge in [0.2, 0.25) is 6.79 Å². The number of nitrogens with zero attached hydrogens (tertiary/aromatic N) is 1. The molecule has 0 fully saturated rings. The molecule has 0 radical (unpaired) electrons. The Morgan fingerprint density at radius 3 is 2.82 bits per heavy atom.